The average Bonchev–Trinajstić information content (AvgIpc) is 1.81. The molecule has 3 N–H and O–H groups in total. The van der Waals surface area contributed by atoms with Gasteiger partial charge in [0.25, 0.3) is 0 Å². The minimum Gasteiger partial charge on any atom is -0.400 e. The minimum atomic E-state index is 0. The van der Waals surface area contributed by atoms with Crippen molar-refractivity contribution in [3.63, 3.8) is 0 Å². The van der Waals surface area contributed by atoms with Crippen LogP contribution in [0.15, 0.2) is 0 Å². The van der Waals surface area contributed by atoms with Gasteiger partial charge < -0.3 is 15.3 Å². The summed E-state index contributed by atoms with van der Waals surface area (Å²) in [6.07, 6.45) is 0. The molecule has 7 heavy (non-hydrogen) atoms. The molecule has 0 aliphatic rings. The van der Waals surface area contributed by atoms with Gasteiger partial charge in [-0.15, -0.1) is 0 Å². The van der Waals surface area contributed by atoms with Gasteiger partial charge in [0, 0.05) is 56.9 Å². The molecule has 4 heteroatoms. The van der Waals surface area contributed by atoms with E-state index in [1.54, 1.807) is 0 Å². The van der Waals surface area contributed by atoms with Gasteiger partial charge in [-0.2, -0.15) is 0 Å². The summed E-state index contributed by atoms with van der Waals surface area (Å²) in [7, 11) is 3.00. The van der Waals surface area contributed by atoms with Gasteiger partial charge in [0.05, 0.1) is 0 Å². The Labute approximate surface area is 72.0 Å². The van der Waals surface area contributed by atoms with E-state index in [1.807, 2.05) is 0 Å². The van der Waals surface area contributed by atoms with E-state index in [9.17, 15) is 0 Å². The van der Waals surface area contributed by atoms with Crippen molar-refractivity contribution in [2.45, 2.75) is 0 Å². The summed E-state index contributed by atoms with van der Waals surface area (Å²) in [5.41, 5.74) is 0. The first-order valence-electron chi connectivity index (χ1n) is 1.34. The predicted molar refractivity (Wildman–Crippen MR) is 24.4 cm³/mol. The summed E-state index contributed by atoms with van der Waals surface area (Å²) < 4.78 is 0. The molecule has 1 radical (unpaired) electrons. The third kappa shape index (κ3) is 158. The molecule has 0 rings (SSSR count). The van der Waals surface area contributed by atoms with Crippen LogP contribution in [0.2, 0.25) is 0 Å². The molecule has 0 spiro atoms. The molecule has 0 aliphatic carbocycles. The molecule has 0 amide bonds. The molecule has 0 bridgehead atoms. The second kappa shape index (κ2) is 226. The van der Waals surface area contributed by atoms with E-state index in [4.69, 9.17) is 15.3 Å². The first-order valence-corrected chi connectivity index (χ1v) is 1.34. The van der Waals surface area contributed by atoms with E-state index >= 15 is 0 Å². The molecule has 0 saturated carbocycles. The maximum atomic E-state index is 7.00. The van der Waals surface area contributed by atoms with Crippen molar-refractivity contribution in [2.75, 3.05) is 21.3 Å². The van der Waals surface area contributed by atoms with Crippen LogP contribution in [0.4, 0.5) is 0 Å². The largest absolute Gasteiger partial charge is 0.400 e. The summed E-state index contributed by atoms with van der Waals surface area (Å²) in [5, 5.41) is 21.0. The van der Waals surface area contributed by atoms with Gasteiger partial charge in [0.15, 0.2) is 0 Å². The molecule has 0 aliphatic heterocycles. The SMILES string of the molecule is CO.CO.CO.[La]. The molecule has 3 nitrogen and oxygen atoms in total. The Morgan fingerprint density at radius 3 is 0.571 bits per heavy atom. The van der Waals surface area contributed by atoms with Gasteiger partial charge >= 0.3 is 0 Å². The standard InChI is InChI=1S/3CH4O.La/c3*1-2;/h3*2H,1H3;. The van der Waals surface area contributed by atoms with Crippen molar-refractivity contribution in [3.8, 4) is 0 Å². The van der Waals surface area contributed by atoms with Gasteiger partial charge in [-0.3, -0.25) is 0 Å². The first kappa shape index (κ1) is 24.3. The quantitative estimate of drug-likeness (QED) is 0.495. The Hall–Kier alpha value is 1.07. The van der Waals surface area contributed by atoms with Crippen molar-refractivity contribution in [3.05, 3.63) is 0 Å². The molecule has 0 heterocycles. The first-order chi connectivity index (χ1) is 3.00. The van der Waals surface area contributed by atoms with Crippen LogP contribution < -0.4 is 0 Å². The fraction of sp³-hybridized carbons (Fsp3) is 1.00. The zero-order valence-corrected chi connectivity index (χ0v) is 8.54. The van der Waals surface area contributed by atoms with Gasteiger partial charge in [0.2, 0.25) is 0 Å². The number of hydrogen-bond donors (Lipinski definition) is 3. The maximum absolute atomic E-state index is 7.00. The number of aliphatic hydroxyl groups is 3. The monoisotopic (exact) mass is 235 g/mol. The normalized spacial score (nSPS) is 2.57. The minimum absolute atomic E-state index is 0. The summed E-state index contributed by atoms with van der Waals surface area (Å²) >= 11 is 0. The molecular formula is C3H12LaO3. The fourth-order valence-electron chi connectivity index (χ4n) is 0. The van der Waals surface area contributed by atoms with Crippen molar-refractivity contribution >= 4 is 0 Å². The van der Waals surface area contributed by atoms with Gasteiger partial charge in [0.1, 0.15) is 0 Å². The third-order valence-electron chi connectivity index (χ3n) is 0. The third-order valence-corrected chi connectivity index (χ3v) is 0. The topological polar surface area (TPSA) is 60.7 Å². The van der Waals surface area contributed by atoms with Gasteiger partial charge in [-0.1, -0.05) is 0 Å². The van der Waals surface area contributed by atoms with Crippen molar-refractivity contribution < 1.29 is 50.9 Å². The fourth-order valence-corrected chi connectivity index (χ4v) is 0. The Balaban J connectivity index is -0.00000000900. The Kier molecular flexibility index (Phi) is 786. The molecule has 0 aromatic rings. The van der Waals surface area contributed by atoms with Crippen molar-refractivity contribution in [1.82, 2.24) is 0 Å². The summed E-state index contributed by atoms with van der Waals surface area (Å²) in [5.74, 6) is 0. The molecule has 0 unspecified atom stereocenters. The van der Waals surface area contributed by atoms with Crippen molar-refractivity contribution in [1.29, 1.82) is 0 Å². The maximum Gasteiger partial charge on any atom is 0.0319 e. The van der Waals surface area contributed by atoms with Crippen LogP contribution >= 0.6 is 0 Å². The smallest absolute Gasteiger partial charge is 0.0319 e. The molecular weight excluding hydrogens is 223 g/mol. The van der Waals surface area contributed by atoms with E-state index < -0.39 is 0 Å². The van der Waals surface area contributed by atoms with Gasteiger partial charge in [-0.25, -0.2) is 0 Å². The second-order valence-corrected chi connectivity index (χ2v) is 0. The summed E-state index contributed by atoms with van der Waals surface area (Å²) in [6.45, 7) is 0. The van der Waals surface area contributed by atoms with Crippen LogP contribution in [0.1, 0.15) is 0 Å². The van der Waals surface area contributed by atoms with E-state index in [0.717, 1.165) is 21.3 Å². The molecule has 0 atom stereocenters. The molecule has 0 fully saturated rings. The van der Waals surface area contributed by atoms with Crippen LogP contribution in [0.5, 0.6) is 0 Å². The summed E-state index contributed by atoms with van der Waals surface area (Å²) in [6, 6.07) is 0. The van der Waals surface area contributed by atoms with E-state index in [-0.39, 0.29) is 35.6 Å². The molecule has 0 aromatic heterocycles. The van der Waals surface area contributed by atoms with E-state index in [2.05, 4.69) is 0 Å². The van der Waals surface area contributed by atoms with Crippen LogP contribution in [0.25, 0.3) is 0 Å². The summed E-state index contributed by atoms with van der Waals surface area (Å²) in [4.78, 5) is 0. The number of rotatable bonds is 0. The van der Waals surface area contributed by atoms with Crippen LogP contribution in [-0.4, -0.2) is 36.6 Å². The van der Waals surface area contributed by atoms with E-state index in [1.165, 1.54) is 0 Å². The average molecular weight is 235 g/mol. The van der Waals surface area contributed by atoms with Crippen LogP contribution in [-0.2, 0) is 0 Å². The van der Waals surface area contributed by atoms with Gasteiger partial charge in [-0.05, 0) is 0 Å². The number of aliphatic hydroxyl groups excluding tert-OH is 3. The zero-order chi connectivity index (χ0) is 6.00. The molecule has 0 saturated heterocycles. The Morgan fingerprint density at radius 2 is 0.571 bits per heavy atom. The molecule has 0 aromatic carbocycles. The molecule has 45 valence electrons. The Bertz CT molecular complexity index is 10.1. The van der Waals surface area contributed by atoms with Crippen molar-refractivity contribution in [2.24, 2.45) is 0 Å². The number of hydrogen-bond acceptors (Lipinski definition) is 3. The zero-order valence-electron chi connectivity index (χ0n) is 4.92. The second-order valence-electron chi connectivity index (χ2n) is 0. The van der Waals surface area contributed by atoms with Crippen LogP contribution in [0.3, 0.4) is 0 Å². The van der Waals surface area contributed by atoms with Crippen LogP contribution in [0, 0.1) is 35.6 Å². The Morgan fingerprint density at radius 1 is 0.571 bits per heavy atom. The van der Waals surface area contributed by atoms with E-state index in [0.29, 0.717) is 0 Å². The predicted octanol–water partition coefficient (Wildman–Crippen LogP) is -1.17.